The first-order chi connectivity index (χ1) is 7.95. The molecule has 0 fully saturated rings. The molecule has 0 spiro atoms. The molecular weight excluding hydrogens is 252 g/mol. The summed E-state index contributed by atoms with van der Waals surface area (Å²) in [5.41, 5.74) is 0.286. The van der Waals surface area contributed by atoms with Gasteiger partial charge in [-0.25, -0.2) is 0 Å². The van der Waals surface area contributed by atoms with Crippen LogP contribution in [0, 0.1) is 0 Å². The second-order valence-corrected chi connectivity index (χ2v) is 6.77. The lowest BCUT2D eigenvalue weighted by Gasteiger charge is -2.34. The molecule has 0 aliphatic rings. The summed E-state index contributed by atoms with van der Waals surface area (Å²) in [7, 11) is 2.19. The van der Waals surface area contributed by atoms with Crippen LogP contribution in [-0.4, -0.2) is 30.6 Å². The van der Waals surface area contributed by atoms with Gasteiger partial charge in [0.05, 0.1) is 4.34 Å². The van der Waals surface area contributed by atoms with Gasteiger partial charge in [0.25, 0.3) is 0 Å². The van der Waals surface area contributed by atoms with E-state index in [4.69, 9.17) is 11.6 Å². The number of hydrogen-bond acceptors (Lipinski definition) is 3. The molecular formula is C13H23ClN2S. The lowest BCUT2D eigenvalue weighted by Crippen LogP contribution is -2.43. The van der Waals surface area contributed by atoms with E-state index in [1.165, 1.54) is 11.3 Å². The molecule has 0 aliphatic heterocycles. The average Bonchev–Trinajstić information content (AvgIpc) is 2.70. The summed E-state index contributed by atoms with van der Waals surface area (Å²) in [6.45, 7) is 9.79. The molecule has 0 unspecified atom stereocenters. The van der Waals surface area contributed by atoms with E-state index in [1.807, 2.05) is 6.07 Å². The summed E-state index contributed by atoms with van der Waals surface area (Å²) >= 11 is 7.53. The summed E-state index contributed by atoms with van der Waals surface area (Å²) in [5.74, 6) is 0. The van der Waals surface area contributed by atoms with Gasteiger partial charge < -0.3 is 5.32 Å². The largest absolute Gasteiger partial charge is 0.311 e. The molecule has 0 bridgehead atoms. The van der Waals surface area contributed by atoms with Gasteiger partial charge in [0.1, 0.15) is 0 Å². The van der Waals surface area contributed by atoms with Gasteiger partial charge in [0.2, 0.25) is 0 Å². The Bertz CT molecular complexity index is 336. The van der Waals surface area contributed by atoms with Gasteiger partial charge in [-0.2, -0.15) is 0 Å². The van der Waals surface area contributed by atoms with Crippen molar-refractivity contribution in [3.63, 3.8) is 0 Å². The van der Waals surface area contributed by atoms with E-state index in [-0.39, 0.29) is 5.54 Å². The second-order valence-electron chi connectivity index (χ2n) is 4.97. The first-order valence-corrected chi connectivity index (χ1v) is 7.31. The van der Waals surface area contributed by atoms with E-state index in [0.29, 0.717) is 0 Å². The third-order valence-corrected chi connectivity index (χ3v) is 4.68. The topological polar surface area (TPSA) is 15.3 Å². The molecule has 17 heavy (non-hydrogen) atoms. The zero-order valence-corrected chi connectivity index (χ0v) is 12.8. The Morgan fingerprint density at radius 1 is 1.41 bits per heavy atom. The molecule has 1 heterocycles. The van der Waals surface area contributed by atoms with Crippen LogP contribution in [0.3, 0.4) is 0 Å². The first kappa shape index (κ1) is 15.0. The molecule has 4 heteroatoms. The standard InChI is InChI=1S/C13H23ClN2S/c1-5-13(2,3)16(4)9-8-15-10-11-6-7-12(14)17-11/h6-7,15H,5,8-10H2,1-4H3. The lowest BCUT2D eigenvalue weighted by atomic mass is 10.0. The van der Waals surface area contributed by atoms with Crippen LogP contribution in [0.1, 0.15) is 32.1 Å². The van der Waals surface area contributed by atoms with Crippen molar-refractivity contribution in [3.05, 3.63) is 21.3 Å². The number of hydrogen-bond donors (Lipinski definition) is 1. The van der Waals surface area contributed by atoms with Crippen LogP contribution in [-0.2, 0) is 6.54 Å². The number of halogens is 1. The molecule has 0 saturated carbocycles. The summed E-state index contributed by atoms with van der Waals surface area (Å²) in [5, 5.41) is 3.45. The Labute approximate surface area is 114 Å². The fourth-order valence-electron chi connectivity index (χ4n) is 1.48. The molecule has 0 atom stereocenters. The minimum atomic E-state index is 0.286. The third-order valence-electron chi connectivity index (χ3n) is 3.45. The van der Waals surface area contributed by atoms with Crippen molar-refractivity contribution in [1.82, 2.24) is 10.2 Å². The fourth-order valence-corrected chi connectivity index (χ4v) is 2.53. The first-order valence-electron chi connectivity index (χ1n) is 6.12. The molecule has 1 aromatic heterocycles. The number of nitrogens with zero attached hydrogens (tertiary/aromatic N) is 1. The summed E-state index contributed by atoms with van der Waals surface area (Å²) in [4.78, 5) is 3.70. The Morgan fingerprint density at radius 2 is 2.12 bits per heavy atom. The van der Waals surface area contributed by atoms with Crippen LogP contribution in [0.25, 0.3) is 0 Å². The highest BCUT2D eigenvalue weighted by atomic mass is 35.5. The predicted molar refractivity (Wildman–Crippen MR) is 78.0 cm³/mol. The molecule has 2 nitrogen and oxygen atoms in total. The Kier molecular flexibility index (Phi) is 5.93. The van der Waals surface area contributed by atoms with Crippen molar-refractivity contribution >= 4 is 22.9 Å². The van der Waals surface area contributed by atoms with E-state index < -0.39 is 0 Å². The van der Waals surface area contributed by atoms with Gasteiger partial charge in [0.15, 0.2) is 0 Å². The number of rotatable bonds is 7. The van der Waals surface area contributed by atoms with Crippen LogP contribution in [0.5, 0.6) is 0 Å². The maximum atomic E-state index is 5.88. The van der Waals surface area contributed by atoms with Gasteiger partial charge in [-0.05, 0) is 39.4 Å². The van der Waals surface area contributed by atoms with E-state index >= 15 is 0 Å². The fraction of sp³-hybridized carbons (Fsp3) is 0.692. The zero-order chi connectivity index (χ0) is 12.9. The number of nitrogens with one attached hydrogen (secondary N) is 1. The molecule has 0 radical (unpaired) electrons. The highest BCUT2D eigenvalue weighted by Crippen LogP contribution is 2.21. The van der Waals surface area contributed by atoms with Crippen molar-refractivity contribution in [1.29, 1.82) is 0 Å². The molecule has 0 amide bonds. The zero-order valence-electron chi connectivity index (χ0n) is 11.2. The van der Waals surface area contributed by atoms with Crippen LogP contribution in [0.2, 0.25) is 4.34 Å². The van der Waals surface area contributed by atoms with Crippen molar-refractivity contribution < 1.29 is 0 Å². The van der Waals surface area contributed by atoms with Crippen molar-refractivity contribution in [2.75, 3.05) is 20.1 Å². The molecule has 1 aromatic rings. The Balaban J connectivity index is 2.20. The summed E-state index contributed by atoms with van der Waals surface area (Å²) < 4.78 is 0.867. The SMILES string of the molecule is CCC(C)(C)N(C)CCNCc1ccc(Cl)s1. The molecule has 0 aromatic carbocycles. The lowest BCUT2D eigenvalue weighted by molar-refractivity contribution is 0.152. The van der Waals surface area contributed by atoms with Gasteiger partial charge >= 0.3 is 0 Å². The monoisotopic (exact) mass is 274 g/mol. The van der Waals surface area contributed by atoms with Gasteiger partial charge in [0, 0.05) is 30.1 Å². The molecule has 98 valence electrons. The van der Waals surface area contributed by atoms with Crippen LogP contribution < -0.4 is 5.32 Å². The Hall–Kier alpha value is -0.0900. The molecule has 0 aliphatic carbocycles. The van der Waals surface area contributed by atoms with E-state index in [1.54, 1.807) is 11.3 Å². The highest BCUT2D eigenvalue weighted by Gasteiger charge is 2.19. The maximum Gasteiger partial charge on any atom is 0.0931 e. The number of likely N-dealkylation sites (N-methyl/N-ethyl adjacent to an activating group) is 1. The quantitative estimate of drug-likeness (QED) is 0.764. The average molecular weight is 275 g/mol. The van der Waals surface area contributed by atoms with Crippen molar-refractivity contribution in [2.45, 2.75) is 39.3 Å². The normalized spacial score (nSPS) is 12.4. The minimum absolute atomic E-state index is 0.286. The maximum absolute atomic E-state index is 5.88. The third kappa shape index (κ3) is 4.96. The minimum Gasteiger partial charge on any atom is -0.311 e. The van der Waals surface area contributed by atoms with E-state index in [0.717, 1.165) is 24.0 Å². The predicted octanol–water partition coefficient (Wildman–Crippen LogP) is 3.61. The Morgan fingerprint density at radius 3 is 2.65 bits per heavy atom. The van der Waals surface area contributed by atoms with E-state index in [9.17, 15) is 0 Å². The second kappa shape index (κ2) is 6.74. The number of thiophene rings is 1. The molecule has 0 saturated heterocycles. The highest BCUT2D eigenvalue weighted by molar-refractivity contribution is 7.16. The van der Waals surface area contributed by atoms with Crippen LogP contribution in [0.4, 0.5) is 0 Å². The van der Waals surface area contributed by atoms with Crippen LogP contribution in [0.15, 0.2) is 12.1 Å². The summed E-state index contributed by atoms with van der Waals surface area (Å²) in [6, 6.07) is 4.04. The van der Waals surface area contributed by atoms with Crippen LogP contribution >= 0.6 is 22.9 Å². The smallest absolute Gasteiger partial charge is 0.0931 e. The van der Waals surface area contributed by atoms with Gasteiger partial charge in [-0.15, -0.1) is 11.3 Å². The van der Waals surface area contributed by atoms with Gasteiger partial charge in [-0.1, -0.05) is 18.5 Å². The van der Waals surface area contributed by atoms with Gasteiger partial charge in [-0.3, -0.25) is 4.90 Å². The molecule has 1 N–H and O–H groups in total. The van der Waals surface area contributed by atoms with Crippen molar-refractivity contribution in [3.8, 4) is 0 Å². The van der Waals surface area contributed by atoms with Crippen molar-refractivity contribution in [2.24, 2.45) is 0 Å². The summed E-state index contributed by atoms with van der Waals surface area (Å²) in [6.07, 6.45) is 1.17. The van der Waals surface area contributed by atoms with E-state index in [2.05, 4.69) is 44.1 Å². The molecule has 1 rings (SSSR count).